The molecule has 2 rings (SSSR count). The zero-order valence-electron chi connectivity index (χ0n) is 13.1. The molecule has 0 unspecified atom stereocenters. The van der Waals surface area contributed by atoms with E-state index in [4.69, 9.17) is 0 Å². The molecule has 124 valence electrons. The Hall–Kier alpha value is -1.45. The number of thioether (sulfide) groups is 1. The predicted molar refractivity (Wildman–Crippen MR) is 94.9 cm³/mol. The third kappa shape index (κ3) is 5.92. The first kappa shape index (κ1) is 17.9. The zero-order valence-corrected chi connectivity index (χ0v) is 15.5. The van der Waals surface area contributed by atoms with Crippen LogP contribution in [0, 0.1) is 5.41 Å². The summed E-state index contributed by atoms with van der Waals surface area (Å²) in [5.41, 5.74) is -0.519. The first-order valence-electron chi connectivity index (χ1n) is 6.91. The number of amides is 2. The standard InChI is InChI=1S/C14H18N4O2S3/c1-14(2,3)11(20)15-7-10(19)16-12-17-18-13(23-12)22-8-9-5-4-6-21-9/h4-6H,7-8H2,1-3H3,(H,15,20)(H,16,17,19). The summed E-state index contributed by atoms with van der Waals surface area (Å²) in [6.45, 7) is 5.31. The lowest BCUT2D eigenvalue weighted by Gasteiger charge is -2.16. The van der Waals surface area contributed by atoms with E-state index < -0.39 is 5.41 Å². The van der Waals surface area contributed by atoms with Crippen molar-refractivity contribution >= 4 is 51.4 Å². The molecule has 0 spiro atoms. The Morgan fingerprint density at radius 3 is 2.74 bits per heavy atom. The van der Waals surface area contributed by atoms with Gasteiger partial charge in [0.1, 0.15) is 0 Å². The van der Waals surface area contributed by atoms with Gasteiger partial charge in [0, 0.05) is 16.0 Å². The summed E-state index contributed by atoms with van der Waals surface area (Å²) in [4.78, 5) is 24.8. The van der Waals surface area contributed by atoms with Gasteiger partial charge in [-0.3, -0.25) is 14.9 Å². The number of hydrogen-bond acceptors (Lipinski definition) is 7. The lowest BCUT2D eigenvalue weighted by Crippen LogP contribution is -2.39. The molecule has 0 aliphatic carbocycles. The highest BCUT2D eigenvalue weighted by Gasteiger charge is 2.21. The van der Waals surface area contributed by atoms with Crippen molar-refractivity contribution in [3.63, 3.8) is 0 Å². The number of carbonyl (C=O) groups excluding carboxylic acids is 2. The van der Waals surface area contributed by atoms with E-state index in [-0.39, 0.29) is 18.4 Å². The van der Waals surface area contributed by atoms with Crippen LogP contribution in [-0.2, 0) is 15.3 Å². The van der Waals surface area contributed by atoms with Gasteiger partial charge in [0.15, 0.2) is 4.34 Å². The molecule has 0 fully saturated rings. The second-order valence-corrected chi connectivity index (χ2v) is 8.95. The number of nitrogens with zero attached hydrogens (tertiary/aromatic N) is 2. The summed E-state index contributed by atoms with van der Waals surface area (Å²) in [6, 6.07) is 4.08. The van der Waals surface area contributed by atoms with Gasteiger partial charge in [-0.15, -0.1) is 21.5 Å². The van der Waals surface area contributed by atoms with E-state index in [1.165, 1.54) is 16.2 Å². The predicted octanol–water partition coefficient (Wildman–Crippen LogP) is 2.99. The average molecular weight is 371 g/mol. The number of anilines is 1. The van der Waals surface area contributed by atoms with Crippen LogP contribution >= 0.6 is 34.4 Å². The third-order valence-electron chi connectivity index (χ3n) is 2.66. The van der Waals surface area contributed by atoms with E-state index in [0.717, 1.165) is 10.1 Å². The van der Waals surface area contributed by atoms with E-state index in [1.807, 2.05) is 11.4 Å². The fourth-order valence-corrected chi connectivity index (χ4v) is 3.98. The number of aromatic nitrogens is 2. The maximum atomic E-state index is 11.8. The molecule has 2 N–H and O–H groups in total. The molecule has 0 saturated carbocycles. The van der Waals surface area contributed by atoms with Crippen LogP contribution in [0.25, 0.3) is 0 Å². The van der Waals surface area contributed by atoms with Crippen LogP contribution in [0.15, 0.2) is 21.9 Å². The van der Waals surface area contributed by atoms with Crippen LogP contribution in [-0.4, -0.2) is 28.6 Å². The highest BCUT2D eigenvalue weighted by Crippen LogP contribution is 2.29. The summed E-state index contributed by atoms with van der Waals surface area (Å²) < 4.78 is 0.799. The molecule has 2 heterocycles. The van der Waals surface area contributed by atoms with Crippen LogP contribution in [0.1, 0.15) is 25.6 Å². The minimum atomic E-state index is -0.519. The molecule has 23 heavy (non-hydrogen) atoms. The molecule has 0 aromatic carbocycles. The Balaban J connectivity index is 1.77. The molecule has 0 aliphatic heterocycles. The second kappa shape index (κ2) is 7.89. The molecule has 2 aromatic heterocycles. The van der Waals surface area contributed by atoms with E-state index in [0.29, 0.717) is 5.13 Å². The second-order valence-electron chi connectivity index (χ2n) is 5.72. The number of nitrogens with one attached hydrogen (secondary N) is 2. The minimum absolute atomic E-state index is 0.0760. The Kier molecular flexibility index (Phi) is 6.14. The van der Waals surface area contributed by atoms with Crippen molar-refractivity contribution in [1.29, 1.82) is 0 Å². The van der Waals surface area contributed by atoms with Crippen molar-refractivity contribution in [2.75, 3.05) is 11.9 Å². The van der Waals surface area contributed by atoms with Crippen molar-refractivity contribution in [2.24, 2.45) is 5.41 Å². The highest BCUT2D eigenvalue weighted by atomic mass is 32.2. The topological polar surface area (TPSA) is 84.0 Å². The third-order valence-corrected chi connectivity index (χ3v) is 5.74. The highest BCUT2D eigenvalue weighted by molar-refractivity contribution is 8.00. The van der Waals surface area contributed by atoms with Crippen molar-refractivity contribution < 1.29 is 9.59 Å². The normalized spacial score (nSPS) is 11.3. The minimum Gasteiger partial charge on any atom is -0.347 e. The van der Waals surface area contributed by atoms with Gasteiger partial charge in [-0.1, -0.05) is 49.9 Å². The summed E-state index contributed by atoms with van der Waals surface area (Å²) in [5.74, 6) is 0.354. The smallest absolute Gasteiger partial charge is 0.245 e. The Bertz CT molecular complexity index is 662. The lowest BCUT2D eigenvalue weighted by atomic mass is 9.96. The van der Waals surface area contributed by atoms with Gasteiger partial charge in [-0.2, -0.15) is 0 Å². The number of hydrogen-bond donors (Lipinski definition) is 2. The Morgan fingerprint density at radius 1 is 1.30 bits per heavy atom. The largest absolute Gasteiger partial charge is 0.347 e. The fourth-order valence-electron chi connectivity index (χ4n) is 1.44. The van der Waals surface area contributed by atoms with E-state index in [2.05, 4.69) is 26.9 Å². The maximum absolute atomic E-state index is 11.8. The SMILES string of the molecule is CC(C)(C)C(=O)NCC(=O)Nc1nnc(SCc2cccs2)s1. The van der Waals surface area contributed by atoms with Crippen LogP contribution in [0.3, 0.4) is 0 Å². The molecule has 0 aliphatic rings. The number of thiophene rings is 1. The van der Waals surface area contributed by atoms with Crippen LogP contribution < -0.4 is 10.6 Å². The first-order chi connectivity index (χ1) is 10.8. The van der Waals surface area contributed by atoms with Gasteiger partial charge >= 0.3 is 0 Å². The number of rotatable bonds is 6. The molecule has 0 atom stereocenters. The van der Waals surface area contributed by atoms with Gasteiger partial charge in [0.05, 0.1) is 6.54 Å². The zero-order chi connectivity index (χ0) is 16.9. The molecular formula is C14H18N4O2S3. The molecule has 6 nitrogen and oxygen atoms in total. The first-order valence-corrected chi connectivity index (χ1v) is 9.59. The molecule has 2 aromatic rings. The monoisotopic (exact) mass is 370 g/mol. The van der Waals surface area contributed by atoms with E-state index >= 15 is 0 Å². The van der Waals surface area contributed by atoms with Crippen molar-refractivity contribution in [1.82, 2.24) is 15.5 Å². The van der Waals surface area contributed by atoms with Gasteiger partial charge in [0.25, 0.3) is 0 Å². The molecule has 2 amide bonds. The van der Waals surface area contributed by atoms with Gasteiger partial charge in [-0.05, 0) is 11.4 Å². The Morgan fingerprint density at radius 2 is 2.09 bits per heavy atom. The number of carbonyl (C=O) groups is 2. The summed E-state index contributed by atoms with van der Waals surface area (Å²) in [6.07, 6.45) is 0. The molecule has 9 heteroatoms. The van der Waals surface area contributed by atoms with E-state index in [9.17, 15) is 9.59 Å². The van der Waals surface area contributed by atoms with Crippen molar-refractivity contribution in [3.8, 4) is 0 Å². The summed E-state index contributed by atoms with van der Waals surface area (Å²) >= 11 is 4.60. The van der Waals surface area contributed by atoms with Crippen LogP contribution in [0.4, 0.5) is 5.13 Å². The molecule has 0 bridgehead atoms. The summed E-state index contributed by atoms with van der Waals surface area (Å²) in [7, 11) is 0. The van der Waals surface area contributed by atoms with Crippen molar-refractivity contribution in [3.05, 3.63) is 22.4 Å². The lowest BCUT2D eigenvalue weighted by molar-refractivity contribution is -0.130. The van der Waals surface area contributed by atoms with Gasteiger partial charge < -0.3 is 5.32 Å². The Labute approximate surface area is 147 Å². The van der Waals surface area contributed by atoms with Gasteiger partial charge in [0.2, 0.25) is 16.9 Å². The average Bonchev–Trinajstić information content (AvgIpc) is 3.12. The summed E-state index contributed by atoms with van der Waals surface area (Å²) in [5, 5.41) is 15.7. The van der Waals surface area contributed by atoms with Crippen LogP contribution in [0.5, 0.6) is 0 Å². The fraction of sp³-hybridized carbons (Fsp3) is 0.429. The van der Waals surface area contributed by atoms with E-state index in [1.54, 1.807) is 43.9 Å². The van der Waals surface area contributed by atoms with Gasteiger partial charge in [-0.25, -0.2) is 0 Å². The maximum Gasteiger partial charge on any atom is 0.245 e. The molecule has 0 saturated heterocycles. The molecular weight excluding hydrogens is 352 g/mol. The quantitative estimate of drug-likeness (QED) is 0.603. The molecule has 0 radical (unpaired) electrons. The van der Waals surface area contributed by atoms with Crippen molar-refractivity contribution in [2.45, 2.75) is 30.9 Å². The van der Waals surface area contributed by atoms with Crippen LogP contribution in [0.2, 0.25) is 0 Å².